The summed E-state index contributed by atoms with van der Waals surface area (Å²) < 4.78 is 27.3. The fraction of sp³-hybridized carbons (Fsp3) is 0.235. The van der Waals surface area contributed by atoms with E-state index in [1.54, 1.807) is 24.3 Å². The highest BCUT2D eigenvalue weighted by molar-refractivity contribution is 7.92. The number of carbonyl (C=O) groups is 1. The van der Waals surface area contributed by atoms with Crippen LogP contribution in [0.25, 0.3) is 0 Å². The van der Waals surface area contributed by atoms with Gasteiger partial charge in [-0.3, -0.25) is 4.72 Å². The Kier molecular flexibility index (Phi) is 5.05. The summed E-state index contributed by atoms with van der Waals surface area (Å²) >= 11 is 0. The third-order valence-electron chi connectivity index (χ3n) is 3.33. The minimum Gasteiger partial charge on any atom is -0.550 e. The third-order valence-corrected chi connectivity index (χ3v) is 4.72. The summed E-state index contributed by atoms with van der Waals surface area (Å²) in [5.74, 6) is -1.13. The summed E-state index contributed by atoms with van der Waals surface area (Å²) in [7, 11) is -3.67. The summed E-state index contributed by atoms with van der Waals surface area (Å²) in [4.78, 5) is 10.6. The van der Waals surface area contributed by atoms with Crippen molar-refractivity contribution in [2.45, 2.75) is 31.6 Å². The Morgan fingerprint density at radius 2 is 1.61 bits per heavy atom. The van der Waals surface area contributed by atoms with E-state index in [9.17, 15) is 18.3 Å². The second kappa shape index (κ2) is 6.83. The molecule has 2 rings (SSSR count). The molecule has 0 spiro atoms. The Morgan fingerprint density at radius 1 is 1.04 bits per heavy atom. The van der Waals surface area contributed by atoms with E-state index >= 15 is 0 Å². The van der Waals surface area contributed by atoms with Crippen LogP contribution in [0.5, 0.6) is 0 Å². The maximum atomic E-state index is 12.4. The molecule has 0 aliphatic rings. The molecule has 122 valence electrons. The third kappa shape index (κ3) is 4.82. The Balaban J connectivity index is 2.17. The first kappa shape index (κ1) is 17.0. The molecule has 0 saturated heterocycles. The van der Waals surface area contributed by atoms with Crippen molar-refractivity contribution >= 4 is 21.7 Å². The first-order valence-corrected chi connectivity index (χ1v) is 8.64. The van der Waals surface area contributed by atoms with Crippen LogP contribution >= 0.6 is 0 Å². The number of rotatable bonds is 6. The van der Waals surface area contributed by atoms with Crippen LogP contribution in [0.1, 0.15) is 23.1 Å². The van der Waals surface area contributed by atoms with Crippen LogP contribution < -0.4 is 9.83 Å². The minimum absolute atomic E-state index is 0.0904. The molecule has 1 N–H and O–H groups in total. The number of aliphatic carboxylic acids is 1. The van der Waals surface area contributed by atoms with Crippen molar-refractivity contribution in [1.82, 2.24) is 0 Å². The summed E-state index contributed by atoms with van der Waals surface area (Å²) in [6, 6.07) is 11.6. The fourth-order valence-electron chi connectivity index (χ4n) is 2.33. The molecule has 0 aliphatic heterocycles. The number of hydrogen-bond donors (Lipinski definition) is 1. The second-order valence-electron chi connectivity index (χ2n) is 5.50. The highest BCUT2D eigenvalue weighted by atomic mass is 32.2. The van der Waals surface area contributed by atoms with Crippen molar-refractivity contribution in [1.29, 1.82) is 0 Å². The molecule has 0 atom stereocenters. The van der Waals surface area contributed by atoms with Crippen LogP contribution in [-0.4, -0.2) is 14.4 Å². The van der Waals surface area contributed by atoms with Gasteiger partial charge in [0.15, 0.2) is 0 Å². The van der Waals surface area contributed by atoms with E-state index in [1.807, 2.05) is 19.9 Å². The van der Waals surface area contributed by atoms with Crippen molar-refractivity contribution in [3.05, 3.63) is 59.2 Å². The number of hydrogen-bond acceptors (Lipinski definition) is 4. The van der Waals surface area contributed by atoms with Crippen molar-refractivity contribution in [3.8, 4) is 0 Å². The molecule has 0 amide bonds. The molecular weight excluding hydrogens is 314 g/mol. The van der Waals surface area contributed by atoms with Gasteiger partial charge in [-0.05, 0) is 67.6 Å². The van der Waals surface area contributed by atoms with Gasteiger partial charge in [0.2, 0.25) is 0 Å². The lowest BCUT2D eigenvalue weighted by atomic mass is 10.1. The molecule has 0 radical (unpaired) electrons. The number of anilines is 1. The number of aryl methyl sites for hydroxylation is 3. The number of sulfonamides is 1. The maximum absolute atomic E-state index is 12.4. The lowest BCUT2D eigenvalue weighted by molar-refractivity contribution is -0.305. The van der Waals surface area contributed by atoms with E-state index in [0.717, 1.165) is 16.7 Å². The van der Waals surface area contributed by atoms with Crippen molar-refractivity contribution in [3.63, 3.8) is 0 Å². The molecule has 0 heterocycles. The van der Waals surface area contributed by atoms with Gasteiger partial charge in [0.25, 0.3) is 10.0 Å². The Hall–Kier alpha value is -2.34. The standard InChI is InChI=1S/C17H19NO4S/c1-12-9-13(2)11-15(10-12)18-23(21,22)16-6-3-14(4-7-16)5-8-17(19)20/h3-4,6-7,9-11,18H,5,8H2,1-2H3,(H,19,20)/p-1. The van der Waals surface area contributed by atoms with Gasteiger partial charge in [0.05, 0.1) is 4.90 Å². The Morgan fingerprint density at radius 3 is 2.13 bits per heavy atom. The van der Waals surface area contributed by atoms with Crippen molar-refractivity contribution < 1.29 is 18.3 Å². The van der Waals surface area contributed by atoms with Crippen LogP contribution in [0.4, 0.5) is 5.69 Å². The normalized spacial score (nSPS) is 11.2. The monoisotopic (exact) mass is 332 g/mol. The molecule has 0 bridgehead atoms. The van der Waals surface area contributed by atoms with Crippen LogP contribution in [0.2, 0.25) is 0 Å². The van der Waals surface area contributed by atoms with E-state index in [1.165, 1.54) is 12.1 Å². The average molecular weight is 332 g/mol. The van der Waals surface area contributed by atoms with E-state index in [0.29, 0.717) is 12.1 Å². The van der Waals surface area contributed by atoms with Gasteiger partial charge < -0.3 is 9.90 Å². The number of carbonyl (C=O) groups excluding carboxylic acids is 1. The zero-order chi connectivity index (χ0) is 17.0. The zero-order valence-corrected chi connectivity index (χ0v) is 13.8. The Labute approximate surface area is 136 Å². The number of carboxylic acids is 1. The lowest BCUT2D eigenvalue weighted by Gasteiger charge is -2.10. The molecule has 5 nitrogen and oxygen atoms in total. The van der Waals surface area contributed by atoms with Crippen molar-refractivity contribution in [2.24, 2.45) is 0 Å². The molecule has 0 fully saturated rings. The van der Waals surface area contributed by atoms with Gasteiger partial charge in [-0.2, -0.15) is 0 Å². The maximum Gasteiger partial charge on any atom is 0.261 e. The highest BCUT2D eigenvalue weighted by Gasteiger charge is 2.14. The molecule has 0 unspecified atom stereocenters. The highest BCUT2D eigenvalue weighted by Crippen LogP contribution is 2.19. The van der Waals surface area contributed by atoms with Crippen molar-refractivity contribution in [2.75, 3.05) is 4.72 Å². The zero-order valence-electron chi connectivity index (χ0n) is 13.0. The SMILES string of the molecule is Cc1cc(C)cc(NS(=O)(=O)c2ccc(CCC(=O)[O-])cc2)c1. The molecular formula is C17H18NO4S-. The molecule has 0 saturated carbocycles. The van der Waals surface area contributed by atoms with Gasteiger partial charge >= 0.3 is 0 Å². The molecule has 6 heteroatoms. The summed E-state index contributed by atoms with van der Waals surface area (Å²) in [5, 5.41) is 10.4. The summed E-state index contributed by atoms with van der Waals surface area (Å²) in [5.41, 5.74) is 3.21. The molecule has 2 aromatic carbocycles. The minimum atomic E-state index is -3.67. The van der Waals surface area contributed by atoms with Crippen LogP contribution in [0.15, 0.2) is 47.4 Å². The van der Waals surface area contributed by atoms with E-state index in [4.69, 9.17) is 0 Å². The topological polar surface area (TPSA) is 86.3 Å². The van der Waals surface area contributed by atoms with Crippen LogP contribution in [0.3, 0.4) is 0 Å². The van der Waals surface area contributed by atoms with E-state index in [-0.39, 0.29) is 11.3 Å². The predicted octanol–water partition coefficient (Wildman–Crippen LogP) is 1.79. The first-order valence-electron chi connectivity index (χ1n) is 7.16. The van der Waals surface area contributed by atoms with Gasteiger partial charge in [0, 0.05) is 11.7 Å². The van der Waals surface area contributed by atoms with Gasteiger partial charge in [-0.1, -0.05) is 18.2 Å². The smallest absolute Gasteiger partial charge is 0.261 e. The van der Waals surface area contributed by atoms with E-state index < -0.39 is 16.0 Å². The Bertz CT molecular complexity index is 791. The van der Waals surface area contributed by atoms with Gasteiger partial charge in [-0.25, -0.2) is 8.42 Å². The van der Waals surface area contributed by atoms with E-state index in [2.05, 4.69) is 4.72 Å². The lowest BCUT2D eigenvalue weighted by Crippen LogP contribution is -2.22. The second-order valence-corrected chi connectivity index (χ2v) is 7.18. The van der Waals surface area contributed by atoms with Gasteiger partial charge in [0.1, 0.15) is 0 Å². The first-order chi connectivity index (χ1) is 10.8. The summed E-state index contributed by atoms with van der Waals surface area (Å²) in [6.45, 7) is 3.80. The number of carboxylic acid groups (broad SMARTS) is 1. The summed E-state index contributed by atoms with van der Waals surface area (Å²) in [6.07, 6.45) is 0.222. The van der Waals surface area contributed by atoms with Gasteiger partial charge in [-0.15, -0.1) is 0 Å². The fourth-order valence-corrected chi connectivity index (χ4v) is 3.37. The molecule has 2 aromatic rings. The predicted molar refractivity (Wildman–Crippen MR) is 86.5 cm³/mol. The average Bonchev–Trinajstić information content (AvgIpc) is 2.44. The largest absolute Gasteiger partial charge is 0.550 e. The quantitative estimate of drug-likeness (QED) is 0.874. The number of nitrogens with one attached hydrogen (secondary N) is 1. The number of benzene rings is 2. The van der Waals surface area contributed by atoms with Crippen LogP contribution in [0, 0.1) is 13.8 Å². The van der Waals surface area contributed by atoms with Crippen LogP contribution in [-0.2, 0) is 21.2 Å². The molecule has 0 aromatic heterocycles. The molecule has 0 aliphatic carbocycles. The molecule has 23 heavy (non-hydrogen) atoms.